The van der Waals surface area contributed by atoms with Crippen molar-refractivity contribution in [3.63, 3.8) is 0 Å². The number of aryl methyl sites for hydroxylation is 2. The molecule has 0 radical (unpaired) electrons. The van der Waals surface area contributed by atoms with Crippen molar-refractivity contribution < 1.29 is 9.53 Å². The monoisotopic (exact) mass is 354 g/mol. The highest BCUT2D eigenvalue weighted by Crippen LogP contribution is 2.26. The van der Waals surface area contributed by atoms with Gasteiger partial charge in [0.05, 0.1) is 0 Å². The molecule has 0 spiro atoms. The zero-order chi connectivity index (χ0) is 19.1. The van der Waals surface area contributed by atoms with Gasteiger partial charge in [0, 0.05) is 5.69 Å². The molecule has 2 aromatic carbocycles. The van der Waals surface area contributed by atoms with Crippen molar-refractivity contribution in [2.24, 2.45) is 0 Å². The molecule has 0 bridgehead atoms. The number of para-hydroxylation sites is 2. The first-order valence-electron chi connectivity index (χ1n) is 9.40. The van der Waals surface area contributed by atoms with Gasteiger partial charge in [0.25, 0.3) is 0 Å². The maximum absolute atomic E-state index is 12.5. The molecule has 0 aliphatic heterocycles. The minimum Gasteiger partial charge on any atom is -0.471 e. The van der Waals surface area contributed by atoms with Gasteiger partial charge in [-0.15, -0.1) is 0 Å². The van der Waals surface area contributed by atoms with Crippen molar-refractivity contribution in [1.29, 1.82) is 0 Å². The number of hydrogen-bond donors (Lipinski definition) is 2. The van der Waals surface area contributed by atoms with E-state index in [4.69, 9.17) is 4.74 Å². The highest BCUT2D eigenvalue weighted by Gasteiger charge is 2.14. The second kappa shape index (κ2) is 9.27. The van der Waals surface area contributed by atoms with E-state index in [-0.39, 0.29) is 6.03 Å². The van der Waals surface area contributed by atoms with Gasteiger partial charge in [-0.25, -0.2) is 4.79 Å². The summed E-state index contributed by atoms with van der Waals surface area (Å²) in [6, 6.07) is 13.8. The van der Waals surface area contributed by atoms with Gasteiger partial charge in [-0.1, -0.05) is 64.1 Å². The summed E-state index contributed by atoms with van der Waals surface area (Å²) >= 11 is 0. The Labute approximate surface area is 157 Å². The molecule has 26 heavy (non-hydrogen) atoms. The number of hydrogen-bond acceptors (Lipinski definition) is 2. The van der Waals surface area contributed by atoms with Crippen LogP contribution in [-0.2, 0) is 12.8 Å². The third-order valence-corrected chi connectivity index (χ3v) is 4.42. The largest absolute Gasteiger partial charge is 0.471 e. The third kappa shape index (κ3) is 5.01. The molecule has 0 saturated carbocycles. The minimum absolute atomic E-state index is 0.255. The first-order chi connectivity index (χ1) is 12.5. The highest BCUT2D eigenvalue weighted by molar-refractivity contribution is 5.91. The summed E-state index contributed by atoms with van der Waals surface area (Å²) in [5, 5.41) is 5.88. The van der Waals surface area contributed by atoms with Crippen LogP contribution in [0.4, 0.5) is 10.5 Å². The molecule has 4 heteroatoms. The molecule has 0 heterocycles. The quantitative estimate of drug-likeness (QED) is 0.647. The maximum Gasteiger partial charge on any atom is 0.322 e. The van der Waals surface area contributed by atoms with Gasteiger partial charge in [0.15, 0.2) is 6.23 Å². The molecule has 0 saturated heterocycles. The summed E-state index contributed by atoms with van der Waals surface area (Å²) < 4.78 is 5.96. The van der Waals surface area contributed by atoms with Crippen LogP contribution in [0.5, 0.6) is 5.75 Å². The summed E-state index contributed by atoms with van der Waals surface area (Å²) in [5.74, 6) is 1.16. The number of anilines is 1. The standard InChI is InChI=1S/C22H30N2O2/c1-6-17-11-10-12-18(7-2)21(17)24-22(25)23-16(5)26-20-14-9-8-13-19(20)15(3)4/h8-16H,6-7H2,1-5H3,(H2,23,24,25). The zero-order valence-corrected chi connectivity index (χ0v) is 16.4. The molecule has 0 fully saturated rings. The molecule has 4 nitrogen and oxygen atoms in total. The van der Waals surface area contributed by atoms with Gasteiger partial charge < -0.3 is 15.4 Å². The van der Waals surface area contributed by atoms with Gasteiger partial charge >= 0.3 is 6.03 Å². The van der Waals surface area contributed by atoms with Gasteiger partial charge in [0.2, 0.25) is 0 Å². The van der Waals surface area contributed by atoms with Gasteiger partial charge in [-0.3, -0.25) is 0 Å². The van der Waals surface area contributed by atoms with Crippen molar-refractivity contribution in [3.05, 3.63) is 59.2 Å². The minimum atomic E-state index is -0.436. The summed E-state index contributed by atoms with van der Waals surface area (Å²) in [4.78, 5) is 12.5. The highest BCUT2D eigenvalue weighted by atomic mass is 16.5. The fourth-order valence-electron chi connectivity index (χ4n) is 3.02. The number of urea groups is 1. The van der Waals surface area contributed by atoms with Crippen molar-refractivity contribution in [2.45, 2.75) is 59.6 Å². The van der Waals surface area contributed by atoms with Crippen LogP contribution in [0.3, 0.4) is 0 Å². The molecule has 2 amide bonds. The molecular formula is C22H30N2O2. The Morgan fingerprint density at radius 3 is 2.15 bits per heavy atom. The Hall–Kier alpha value is -2.49. The van der Waals surface area contributed by atoms with Crippen LogP contribution in [0.2, 0.25) is 0 Å². The van der Waals surface area contributed by atoms with Crippen LogP contribution < -0.4 is 15.4 Å². The van der Waals surface area contributed by atoms with E-state index < -0.39 is 6.23 Å². The first-order valence-corrected chi connectivity index (χ1v) is 9.40. The van der Waals surface area contributed by atoms with Crippen LogP contribution in [0.15, 0.2) is 42.5 Å². The second-order valence-corrected chi connectivity index (χ2v) is 6.71. The van der Waals surface area contributed by atoms with Crippen LogP contribution in [0.1, 0.15) is 57.2 Å². The number of carbonyl (C=O) groups is 1. The molecule has 0 aliphatic carbocycles. The maximum atomic E-state index is 12.5. The lowest BCUT2D eigenvalue weighted by atomic mass is 10.0. The van der Waals surface area contributed by atoms with Crippen LogP contribution in [0, 0.1) is 0 Å². The number of rotatable bonds is 7. The lowest BCUT2D eigenvalue weighted by molar-refractivity contribution is 0.181. The summed E-state index contributed by atoms with van der Waals surface area (Å²) in [6.07, 6.45) is 1.31. The molecule has 1 atom stereocenters. The lowest BCUT2D eigenvalue weighted by Gasteiger charge is -2.21. The van der Waals surface area contributed by atoms with E-state index in [1.54, 1.807) is 0 Å². The number of ether oxygens (including phenoxy) is 1. The molecule has 2 rings (SSSR count). The predicted molar refractivity (Wildman–Crippen MR) is 108 cm³/mol. The summed E-state index contributed by atoms with van der Waals surface area (Å²) in [6.45, 7) is 10.3. The normalized spacial score (nSPS) is 11.9. The molecular weight excluding hydrogens is 324 g/mol. The van der Waals surface area contributed by atoms with Crippen molar-refractivity contribution in [1.82, 2.24) is 5.32 Å². The van der Waals surface area contributed by atoms with Crippen molar-refractivity contribution >= 4 is 11.7 Å². The van der Waals surface area contributed by atoms with Crippen LogP contribution in [-0.4, -0.2) is 12.3 Å². The predicted octanol–water partition coefficient (Wildman–Crippen LogP) is 5.48. The van der Waals surface area contributed by atoms with E-state index in [9.17, 15) is 4.79 Å². The topological polar surface area (TPSA) is 50.4 Å². The van der Waals surface area contributed by atoms with Crippen molar-refractivity contribution in [3.8, 4) is 5.75 Å². The Kier molecular flexibility index (Phi) is 7.07. The van der Waals surface area contributed by atoms with Crippen LogP contribution >= 0.6 is 0 Å². The Bertz CT molecular complexity index is 718. The summed E-state index contributed by atoms with van der Waals surface area (Å²) in [7, 11) is 0. The number of amides is 2. The second-order valence-electron chi connectivity index (χ2n) is 6.71. The molecule has 1 unspecified atom stereocenters. The van der Waals surface area contributed by atoms with Gasteiger partial charge in [-0.2, -0.15) is 0 Å². The SMILES string of the molecule is CCc1cccc(CC)c1NC(=O)NC(C)Oc1ccccc1C(C)C. The molecule has 140 valence electrons. The number of nitrogens with one attached hydrogen (secondary N) is 2. The molecule has 2 aromatic rings. The van der Waals surface area contributed by atoms with E-state index in [1.807, 2.05) is 43.3 Å². The fourth-order valence-corrected chi connectivity index (χ4v) is 3.02. The zero-order valence-electron chi connectivity index (χ0n) is 16.4. The molecule has 0 aromatic heterocycles. The smallest absolute Gasteiger partial charge is 0.322 e. The van der Waals surface area contributed by atoms with Crippen molar-refractivity contribution in [2.75, 3.05) is 5.32 Å². The lowest BCUT2D eigenvalue weighted by Crippen LogP contribution is -2.40. The van der Waals surface area contributed by atoms with Gasteiger partial charge in [-0.05, 0) is 48.4 Å². The molecule has 2 N–H and O–H groups in total. The van der Waals surface area contributed by atoms with E-state index >= 15 is 0 Å². The van der Waals surface area contributed by atoms with E-state index in [1.165, 1.54) is 0 Å². The number of carbonyl (C=O) groups excluding carboxylic acids is 1. The van der Waals surface area contributed by atoms with E-state index in [0.717, 1.165) is 41.0 Å². The van der Waals surface area contributed by atoms with E-state index in [0.29, 0.717) is 5.92 Å². The number of benzene rings is 2. The Morgan fingerprint density at radius 1 is 0.962 bits per heavy atom. The van der Waals surface area contributed by atoms with Crippen LogP contribution in [0.25, 0.3) is 0 Å². The average molecular weight is 354 g/mol. The Balaban J connectivity index is 2.05. The summed E-state index contributed by atoms with van der Waals surface area (Å²) in [5.41, 5.74) is 4.31. The van der Waals surface area contributed by atoms with Gasteiger partial charge in [0.1, 0.15) is 5.75 Å². The fraction of sp³-hybridized carbons (Fsp3) is 0.409. The Morgan fingerprint density at radius 2 is 1.58 bits per heavy atom. The average Bonchev–Trinajstić information content (AvgIpc) is 2.61. The molecule has 0 aliphatic rings. The first kappa shape index (κ1) is 19.8. The third-order valence-electron chi connectivity index (χ3n) is 4.42. The van der Waals surface area contributed by atoms with E-state index in [2.05, 4.69) is 44.4 Å².